The lowest BCUT2D eigenvalue weighted by atomic mass is 10.1. The summed E-state index contributed by atoms with van der Waals surface area (Å²) in [5.74, 6) is -0.950. The number of nitriles is 1. The van der Waals surface area contributed by atoms with Crippen molar-refractivity contribution in [1.29, 1.82) is 5.26 Å². The summed E-state index contributed by atoms with van der Waals surface area (Å²) in [6.07, 6.45) is 0. The van der Waals surface area contributed by atoms with Crippen LogP contribution < -0.4 is 5.32 Å². The number of hydrogen-bond donors (Lipinski definition) is 1. The van der Waals surface area contributed by atoms with Gasteiger partial charge in [0.1, 0.15) is 11.6 Å². The number of nitrogens with one attached hydrogen (secondary N) is 1. The molecule has 2 aromatic carbocycles. The maximum Gasteiger partial charge on any atom is 0.142 e. The highest BCUT2D eigenvalue weighted by molar-refractivity contribution is 6.30. The Morgan fingerprint density at radius 1 is 1.20 bits per heavy atom. The van der Waals surface area contributed by atoms with Crippen molar-refractivity contribution < 1.29 is 8.78 Å². The first kappa shape index (κ1) is 14.3. The first-order valence-corrected chi connectivity index (χ1v) is 6.27. The predicted molar refractivity (Wildman–Crippen MR) is 74.6 cm³/mol. The number of nitrogens with zero attached hydrogens (tertiary/aromatic N) is 1. The smallest absolute Gasteiger partial charge is 0.142 e. The maximum absolute atomic E-state index is 13.6. The molecular formula is C15H11ClF2N2. The van der Waals surface area contributed by atoms with Crippen molar-refractivity contribution in [1.82, 2.24) is 0 Å². The van der Waals surface area contributed by atoms with Gasteiger partial charge >= 0.3 is 0 Å². The molecule has 0 saturated carbocycles. The highest BCUT2D eigenvalue weighted by atomic mass is 35.5. The first-order chi connectivity index (χ1) is 9.51. The van der Waals surface area contributed by atoms with Gasteiger partial charge in [-0.1, -0.05) is 17.7 Å². The SMILES string of the molecule is Cc1c(F)cc(C#N)cc1NCc1ccc(Cl)c(F)c1. The number of hydrogen-bond acceptors (Lipinski definition) is 2. The van der Waals surface area contributed by atoms with Crippen molar-refractivity contribution in [2.45, 2.75) is 13.5 Å². The molecule has 0 bridgehead atoms. The molecular weight excluding hydrogens is 282 g/mol. The van der Waals surface area contributed by atoms with Crippen LogP contribution in [-0.2, 0) is 6.54 Å². The topological polar surface area (TPSA) is 35.8 Å². The summed E-state index contributed by atoms with van der Waals surface area (Å²) < 4.78 is 26.9. The van der Waals surface area contributed by atoms with Gasteiger partial charge in [0, 0.05) is 17.8 Å². The first-order valence-electron chi connectivity index (χ1n) is 5.89. The monoisotopic (exact) mass is 292 g/mol. The fourth-order valence-corrected chi connectivity index (χ4v) is 1.89. The van der Waals surface area contributed by atoms with E-state index in [0.29, 0.717) is 23.4 Å². The van der Waals surface area contributed by atoms with Crippen LogP contribution in [0.1, 0.15) is 16.7 Å². The molecule has 0 saturated heterocycles. The van der Waals surface area contributed by atoms with Gasteiger partial charge in [0.2, 0.25) is 0 Å². The molecule has 2 rings (SSSR count). The number of rotatable bonds is 3. The van der Waals surface area contributed by atoms with Gasteiger partial charge < -0.3 is 5.32 Å². The summed E-state index contributed by atoms with van der Waals surface area (Å²) in [6, 6.07) is 9.09. The van der Waals surface area contributed by atoms with E-state index in [0.717, 1.165) is 0 Å². The lowest BCUT2D eigenvalue weighted by molar-refractivity contribution is 0.618. The van der Waals surface area contributed by atoms with Crippen molar-refractivity contribution >= 4 is 17.3 Å². The molecule has 0 amide bonds. The van der Waals surface area contributed by atoms with E-state index in [1.54, 1.807) is 19.1 Å². The van der Waals surface area contributed by atoms with Crippen LogP contribution in [0, 0.1) is 29.9 Å². The van der Waals surface area contributed by atoms with Crippen LogP contribution >= 0.6 is 11.6 Å². The summed E-state index contributed by atoms with van der Waals surface area (Å²) in [6.45, 7) is 1.92. The molecule has 0 aliphatic rings. The quantitative estimate of drug-likeness (QED) is 0.909. The van der Waals surface area contributed by atoms with E-state index in [1.807, 2.05) is 6.07 Å². The molecule has 20 heavy (non-hydrogen) atoms. The molecule has 1 N–H and O–H groups in total. The van der Waals surface area contributed by atoms with Crippen molar-refractivity contribution in [3.05, 3.63) is 63.7 Å². The summed E-state index contributed by atoms with van der Waals surface area (Å²) in [4.78, 5) is 0. The molecule has 0 aliphatic carbocycles. The van der Waals surface area contributed by atoms with Crippen molar-refractivity contribution in [3.63, 3.8) is 0 Å². The molecule has 102 valence electrons. The Hall–Kier alpha value is -2.12. The third kappa shape index (κ3) is 3.06. The zero-order chi connectivity index (χ0) is 14.7. The van der Waals surface area contributed by atoms with Gasteiger partial charge in [-0.2, -0.15) is 5.26 Å². The normalized spacial score (nSPS) is 10.2. The fraction of sp³-hybridized carbons (Fsp3) is 0.133. The van der Waals surface area contributed by atoms with Crippen LogP contribution in [0.5, 0.6) is 0 Å². The second-order valence-corrected chi connectivity index (χ2v) is 4.75. The average Bonchev–Trinajstić information content (AvgIpc) is 2.44. The number of anilines is 1. The lowest BCUT2D eigenvalue weighted by Crippen LogP contribution is -2.03. The Morgan fingerprint density at radius 2 is 1.95 bits per heavy atom. The average molecular weight is 293 g/mol. The summed E-state index contributed by atoms with van der Waals surface area (Å²) in [5, 5.41) is 11.9. The molecule has 2 nitrogen and oxygen atoms in total. The van der Waals surface area contributed by atoms with E-state index in [1.165, 1.54) is 18.2 Å². The molecule has 0 heterocycles. The van der Waals surface area contributed by atoms with Crippen molar-refractivity contribution in [3.8, 4) is 6.07 Å². The number of halogens is 3. The Morgan fingerprint density at radius 3 is 2.60 bits per heavy atom. The molecule has 0 radical (unpaired) electrons. The van der Waals surface area contributed by atoms with Gasteiger partial charge in [-0.15, -0.1) is 0 Å². The zero-order valence-corrected chi connectivity index (χ0v) is 11.4. The molecule has 0 aliphatic heterocycles. The Labute approximate surface area is 120 Å². The summed E-state index contributed by atoms with van der Waals surface area (Å²) in [5.41, 5.74) is 1.84. The summed E-state index contributed by atoms with van der Waals surface area (Å²) in [7, 11) is 0. The fourth-order valence-electron chi connectivity index (χ4n) is 1.77. The van der Waals surface area contributed by atoms with E-state index < -0.39 is 11.6 Å². The van der Waals surface area contributed by atoms with Gasteiger partial charge in [0.15, 0.2) is 0 Å². The second kappa shape index (κ2) is 5.89. The zero-order valence-electron chi connectivity index (χ0n) is 10.7. The van der Waals surface area contributed by atoms with Crippen molar-refractivity contribution in [2.24, 2.45) is 0 Å². The minimum absolute atomic E-state index is 0.0578. The highest BCUT2D eigenvalue weighted by Crippen LogP contribution is 2.22. The van der Waals surface area contributed by atoms with Crippen LogP contribution in [-0.4, -0.2) is 0 Å². The third-order valence-corrected chi connectivity index (χ3v) is 3.25. The third-order valence-electron chi connectivity index (χ3n) is 2.94. The van der Waals surface area contributed by atoms with Crippen LogP contribution in [0.4, 0.5) is 14.5 Å². The van der Waals surface area contributed by atoms with Gasteiger partial charge in [-0.05, 0) is 36.8 Å². The van der Waals surface area contributed by atoms with E-state index in [9.17, 15) is 8.78 Å². The maximum atomic E-state index is 13.6. The molecule has 0 atom stereocenters. The molecule has 0 fully saturated rings. The number of benzene rings is 2. The van der Waals surface area contributed by atoms with E-state index in [-0.39, 0.29) is 10.6 Å². The summed E-state index contributed by atoms with van der Waals surface area (Å²) >= 11 is 5.60. The Kier molecular flexibility index (Phi) is 4.21. The predicted octanol–water partition coefficient (Wildman–Crippen LogP) is 4.41. The standard InChI is InChI=1S/C15H11ClF2N2/c1-9-13(17)5-11(7-19)6-15(9)20-8-10-2-3-12(16)14(18)4-10/h2-6,20H,8H2,1H3. The molecule has 0 aromatic heterocycles. The van der Waals surface area contributed by atoms with Crippen molar-refractivity contribution in [2.75, 3.05) is 5.32 Å². The molecule has 0 spiro atoms. The molecule has 5 heteroatoms. The van der Waals surface area contributed by atoms with E-state index in [4.69, 9.17) is 16.9 Å². The Bertz CT molecular complexity index is 693. The molecule has 0 unspecified atom stereocenters. The largest absolute Gasteiger partial charge is 0.381 e. The van der Waals surface area contributed by atoms with Gasteiger partial charge in [-0.3, -0.25) is 0 Å². The van der Waals surface area contributed by atoms with Crippen LogP contribution in [0.15, 0.2) is 30.3 Å². The minimum atomic E-state index is -0.500. The highest BCUT2D eigenvalue weighted by Gasteiger charge is 2.07. The minimum Gasteiger partial charge on any atom is -0.381 e. The Balaban J connectivity index is 2.20. The molecule has 2 aromatic rings. The van der Waals surface area contributed by atoms with E-state index >= 15 is 0 Å². The second-order valence-electron chi connectivity index (χ2n) is 4.34. The van der Waals surface area contributed by atoms with Gasteiger partial charge in [-0.25, -0.2) is 8.78 Å². The van der Waals surface area contributed by atoms with Crippen LogP contribution in [0.25, 0.3) is 0 Å². The van der Waals surface area contributed by atoms with E-state index in [2.05, 4.69) is 5.32 Å². The van der Waals surface area contributed by atoms with Crippen LogP contribution in [0.2, 0.25) is 5.02 Å². The lowest BCUT2D eigenvalue weighted by Gasteiger charge is -2.11. The van der Waals surface area contributed by atoms with Crippen LogP contribution in [0.3, 0.4) is 0 Å². The van der Waals surface area contributed by atoms with Gasteiger partial charge in [0.25, 0.3) is 0 Å². The van der Waals surface area contributed by atoms with Gasteiger partial charge in [0.05, 0.1) is 16.7 Å².